The predicted molar refractivity (Wildman–Crippen MR) is 88.0 cm³/mol. The fourth-order valence-corrected chi connectivity index (χ4v) is 5.15. The minimum absolute atomic E-state index is 0.244. The number of unbranched alkanes of at least 4 members (excludes halogenated alkanes) is 1. The van der Waals surface area contributed by atoms with E-state index in [4.69, 9.17) is 0 Å². The number of hydrogen-bond acceptors (Lipinski definition) is 2. The van der Waals surface area contributed by atoms with Crippen molar-refractivity contribution in [1.82, 2.24) is 0 Å². The molecule has 21 heavy (non-hydrogen) atoms. The molecule has 1 aliphatic carbocycles. The Morgan fingerprint density at radius 2 is 1.86 bits per heavy atom. The second kappa shape index (κ2) is 6.78. The maximum absolute atomic E-state index is 12.8. The van der Waals surface area contributed by atoms with E-state index in [1.807, 2.05) is 6.07 Å². The van der Waals surface area contributed by atoms with Crippen LogP contribution in [-0.4, -0.2) is 13.7 Å². The molecule has 0 amide bonds. The molecule has 0 N–H and O–H groups in total. The first kappa shape index (κ1) is 16.3. The lowest BCUT2D eigenvalue weighted by Crippen LogP contribution is -2.18. The molecule has 0 bridgehead atoms. The van der Waals surface area contributed by atoms with Gasteiger partial charge in [-0.15, -0.1) is 0 Å². The van der Waals surface area contributed by atoms with Crippen molar-refractivity contribution in [2.45, 2.75) is 63.0 Å². The summed E-state index contributed by atoms with van der Waals surface area (Å²) in [5.74, 6) is 0.457. The number of allylic oxidation sites excluding steroid dienone is 2. The summed E-state index contributed by atoms with van der Waals surface area (Å²) < 4.78 is 25.6. The molecule has 0 aliphatic heterocycles. The van der Waals surface area contributed by atoms with Crippen molar-refractivity contribution in [3.8, 4) is 0 Å². The van der Waals surface area contributed by atoms with E-state index in [1.165, 1.54) is 24.0 Å². The van der Waals surface area contributed by atoms with E-state index in [0.717, 1.165) is 12.8 Å². The van der Waals surface area contributed by atoms with Gasteiger partial charge in [-0.1, -0.05) is 49.1 Å². The van der Waals surface area contributed by atoms with Crippen LogP contribution in [0.15, 0.2) is 46.4 Å². The number of benzene rings is 1. The van der Waals surface area contributed by atoms with Crippen LogP contribution in [0.2, 0.25) is 0 Å². The second-order valence-electron chi connectivity index (χ2n) is 6.28. The monoisotopic (exact) mass is 306 g/mol. The minimum Gasteiger partial charge on any atom is -0.223 e. The normalized spacial score (nSPS) is 22.5. The molecule has 1 aromatic carbocycles. The zero-order valence-electron chi connectivity index (χ0n) is 13.3. The largest absolute Gasteiger partial charge is 0.223 e. The van der Waals surface area contributed by atoms with E-state index in [0.29, 0.717) is 17.2 Å². The summed E-state index contributed by atoms with van der Waals surface area (Å²) in [5, 5.41) is -0.244. The molecule has 1 saturated carbocycles. The van der Waals surface area contributed by atoms with Crippen LogP contribution in [0.3, 0.4) is 0 Å². The fourth-order valence-electron chi connectivity index (χ4n) is 3.35. The highest BCUT2D eigenvalue weighted by molar-refractivity contribution is 7.92. The molecule has 0 radical (unpaired) electrons. The summed E-state index contributed by atoms with van der Waals surface area (Å²) in [5.41, 5.74) is 2.69. The van der Waals surface area contributed by atoms with Gasteiger partial charge in [-0.2, -0.15) is 0 Å². The van der Waals surface area contributed by atoms with Crippen molar-refractivity contribution in [2.24, 2.45) is 5.92 Å². The van der Waals surface area contributed by atoms with E-state index in [9.17, 15) is 8.42 Å². The van der Waals surface area contributed by atoms with Gasteiger partial charge in [-0.05, 0) is 51.2 Å². The van der Waals surface area contributed by atoms with Crippen molar-refractivity contribution in [3.05, 3.63) is 41.5 Å². The molecule has 0 spiro atoms. The molecule has 3 heteroatoms. The summed E-state index contributed by atoms with van der Waals surface area (Å²) in [6.07, 6.45) is 4.98. The molecule has 2 atom stereocenters. The van der Waals surface area contributed by atoms with Crippen molar-refractivity contribution >= 4 is 9.84 Å². The van der Waals surface area contributed by atoms with Gasteiger partial charge in [-0.3, -0.25) is 0 Å². The summed E-state index contributed by atoms with van der Waals surface area (Å²) >= 11 is 0. The molecular formula is C18H26O2S. The Labute approximate surface area is 129 Å². The van der Waals surface area contributed by atoms with Gasteiger partial charge in [0, 0.05) is 0 Å². The Hall–Kier alpha value is -1.09. The van der Waals surface area contributed by atoms with Crippen LogP contribution >= 0.6 is 0 Å². The van der Waals surface area contributed by atoms with Crippen LogP contribution in [0.5, 0.6) is 0 Å². The van der Waals surface area contributed by atoms with Gasteiger partial charge in [0.15, 0.2) is 9.84 Å². The van der Waals surface area contributed by atoms with Gasteiger partial charge in [0.05, 0.1) is 10.1 Å². The number of sulfone groups is 1. The third kappa shape index (κ3) is 3.57. The van der Waals surface area contributed by atoms with Gasteiger partial charge < -0.3 is 0 Å². The average molecular weight is 306 g/mol. The van der Waals surface area contributed by atoms with Crippen molar-refractivity contribution in [3.63, 3.8) is 0 Å². The van der Waals surface area contributed by atoms with Crippen molar-refractivity contribution in [2.75, 3.05) is 0 Å². The molecule has 2 rings (SSSR count). The van der Waals surface area contributed by atoms with Gasteiger partial charge in [-0.25, -0.2) is 8.42 Å². The third-order valence-corrected chi connectivity index (χ3v) is 6.71. The van der Waals surface area contributed by atoms with Crippen LogP contribution in [0.4, 0.5) is 0 Å². The first-order chi connectivity index (χ1) is 9.96. The quantitative estimate of drug-likeness (QED) is 0.735. The zero-order valence-corrected chi connectivity index (χ0v) is 14.1. The van der Waals surface area contributed by atoms with E-state index in [-0.39, 0.29) is 5.25 Å². The van der Waals surface area contributed by atoms with Gasteiger partial charge in [0.25, 0.3) is 0 Å². The predicted octanol–water partition coefficient (Wildman–Crippen LogP) is 4.77. The minimum atomic E-state index is -3.20. The average Bonchev–Trinajstić information content (AvgIpc) is 2.91. The van der Waals surface area contributed by atoms with Gasteiger partial charge >= 0.3 is 0 Å². The molecule has 116 valence electrons. The third-order valence-electron chi connectivity index (χ3n) is 4.55. The molecule has 0 heterocycles. The maximum Gasteiger partial charge on any atom is 0.181 e. The zero-order chi connectivity index (χ0) is 15.5. The lowest BCUT2D eigenvalue weighted by atomic mass is 9.93. The van der Waals surface area contributed by atoms with Crippen molar-refractivity contribution in [1.29, 1.82) is 0 Å². The summed E-state index contributed by atoms with van der Waals surface area (Å²) in [6.45, 7) is 6.42. The Morgan fingerprint density at radius 1 is 1.19 bits per heavy atom. The van der Waals surface area contributed by atoms with Crippen LogP contribution in [-0.2, 0) is 9.84 Å². The molecule has 1 aliphatic rings. The molecule has 0 saturated heterocycles. The lowest BCUT2D eigenvalue weighted by Gasteiger charge is -2.13. The SMILES string of the molecule is CCCCC1CC(S(=O)(=O)c2ccccc2)CC1=C(C)C. The first-order valence-electron chi connectivity index (χ1n) is 7.92. The highest BCUT2D eigenvalue weighted by Gasteiger charge is 2.38. The number of hydrogen-bond donors (Lipinski definition) is 0. The summed E-state index contributed by atoms with van der Waals surface area (Å²) in [4.78, 5) is 0.472. The van der Waals surface area contributed by atoms with Crippen LogP contribution in [0, 0.1) is 5.92 Å². The highest BCUT2D eigenvalue weighted by atomic mass is 32.2. The standard InChI is InChI=1S/C18H26O2S/c1-4-5-9-15-12-17(13-18(15)14(2)3)21(19,20)16-10-7-6-8-11-16/h6-8,10-11,15,17H,4-5,9,12-13H2,1-3H3. The van der Waals surface area contributed by atoms with Crippen molar-refractivity contribution < 1.29 is 8.42 Å². The smallest absolute Gasteiger partial charge is 0.181 e. The summed E-state index contributed by atoms with van der Waals surface area (Å²) in [6, 6.07) is 8.91. The first-order valence-corrected chi connectivity index (χ1v) is 9.46. The Balaban J connectivity index is 2.25. The highest BCUT2D eigenvalue weighted by Crippen LogP contribution is 2.41. The molecule has 1 fully saturated rings. The Morgan fingerprint density at radius 3 is 2.43 bits per heavy atom. The molecular weight excluding hydrogens is 280 g/mol. The topological polar surface area (TPSA) is 34.1 Å². The fraction of sp³-hybridized carbons (Fsp3) is 0.556. The maximum atomic E-state index is 12.8. The molecule has 2 nitrogen and oxygen atoms in total. The van der Waals surface area contributed by atoms with Crippen LogP contribution in [0.1, 0.15) is 52.9 Å². The molecule has 1 aromatic rings. The van der Waals surface area contributed by atoms with Gasteiger partial charge in [0.2, 0.25) is 0 Å². The van der Waals surface area contributed by atoms with Crippen LogP contribution in [0.25, 0.3) is 0 Å². The Bertz CT molecular complexity index is 595. The summed E-state index contributed by atoms with van der Waals surface area (Å²) in [7, 11) is -3.20. The lowest BCUT2D eigenvalue weighted by molar-refractivity contribution is 0.527. The Kier molecular flexibility index (Phi) is 5.26. The molecule has 2 unspecified atom stereocenters. The van der Waals surface area contributed by atoms with Crippen LogP contribution < -0.4 is 0 Å². The van der Waals surface area contributed by atoms with E-state index in [2.05, 4.69) is 20.8 Å². The van der Waals surface area contributed by atoms with E-state index < -0.39 is 9.84 Å². The van der Waals surface area contributed by atoms with Gasteiger partial charge in [0.1, 0.15) is 0 Å². The molecule has 0 aromatic heterocycles. The number of rotatable bonds is 5. The van der Waals surface area contributed by atoms with E-state index >= 15 is 0 Å². The second-order valence-corrected chi connectivity index (χ2v) is 8.51. The van der Waals surface area contributed by atoms with E-state index in [1.54, 1.807) is 24.3 Å².